The Labute approximate surface area is 124 Å². The molecule has 0 aliphatic rings. The summed E-state index contributed by atoms with van der Waals surface area (Å²) in [6.07, 6.45) is 1.95. The van der Waals surface area contributed by atoms with E-state index in [1.807, 2.05) is 48.5 Å². The number of nitrogens with zero attached hydrogens (tertiary/aromatic N) is 2. The molecule has 1 N–H and O–H groups in total. The highest BCUT2D eigenvalue weighted by atomic mass is 79.9. The van der Waals surface area contributed by atoms with Gasteiger partial charge in [-0.1, -0.05) is 40.2 Å². The van der Waals surface area contributed by atoms with E-state index in [4.69, 9.17) is 0 Å². The molecule has 0 spiro atoms. The lowest BCUT2D eigenvalue weighted by Crippen LogP contribution is -2.23. The van der Waals surface area contributed by atoms with Crippen LogP contribution in [-0.2, 0) is 11.2 Å². The Kier molecular flexibility index (Phi) is 3.52. The molecule has 0 aliphatic carbocycles. The summed E-state index contributed by atoms with van der Waals surface area (Å²) in [4.78, 5) is 16.3. The van der Waals surface area contributed by atoms with Gasteiger partial charge in [0.15, 0.2) is 0 Å². The quantitative estimate of drug-likeness (QED) is 0.802. The summed E-state index contributed by atoms with van der Waals surface area (Å²) in [6, 6.07) is 15.4. The minimum atomic E-state index is -0.0736. The number of halogens is 1. The summed E-state index contributed by atoms with van der Waals surface area (Å²) in [5, 5.41) is 0. The fourth-order valence-corrected chi connectivity index (χ4v) is 2.27. The molecular weight excluding hydrogens is 318 g/mol. The summed E-state index contributed by atoms with van der Waals surface area (Å²) >= 11 is 3.37. The highest BCUT2D eigenvalue weighted by Crippen LogP contribution is 2.12. The molecule has 0 aliphatic heterocycles. The molecule has 3 aromatic rings. The largest absolute Gasteiger partial charge is 0.273 e. The van der Waals surface area contributed by atoms with Gasteiger partial charge < -0.3 is 0 Å². The predicted molar refractivity (Wildman–Crippen MR) is 81.9 cm³/mol. The maximum Gasteiger partial charge on any atom is 0.243 e. The average Bonchev–Trinajstić information content (AvgIpc) is 2.85. The van der Waals surface area contributed by atoms with Gasteiger partial charge in [0.25, 0.3) is 0 Å². The van der Waals surface area contributed by atoms with Crippen molar-refractivity contribution in [2.75, 3.05) is 5.43 Å². The van der Waals surface area contributed by atoms with E-state index in [-0.39, 0.29) is 5.91 Å². The standard InChI is InChI=1S/C15H12BrN3O/c16-12-7-5-11(6-8-12)9-15(20)18-19-10-17-13-3-1-2-4-14(13)19/h1-8,10H,9H2,(H,18,20). The lowest BCUT2D eigenvalue weighted by molar-refractivity contribution is -0.116. The number of rotatable bonds is 3. The molecule has 0 unspecified atom stereocenters. The van der Waals surface area contributed by atoms with Crippen molar-refractivity contribution in [1.29, 1.82) is 0 Å². The molecule has 1 amide bonds. The second kappa shape index (κ2) is 5.46. The monoisotopic (exact) mass is 329 g/mol. The summed E-state index contributed by atoms with van der Waals surface area (Å²) in [6.45, 7) is 0. The fourth-order valence-electron chi connectivity index (χ4n) is 2.01. The first-order chi connectivity index (χ1) is 9.72. The van der Waals surface area contributed by atoms with Crippen molar-refractivity contribution >= 4 is 32.9 Å². The summed E-state index contributed by atoms with van der Waals surface area (Å²) in [7, 11) is 0. The lowest BCUT2D eigenvalue weighted by atomic mass is 10.1. The van der Waals surface area contributed by atoms with Gasteiger partial charge >= 0.3 is 0 Å². The van der Waals surface area contributed by atoms with Crippen molar-refractivity contribution in [3.05, 3.63) is 64.9 Å². The molecule has 20 heavy (non-hydrogen) atoms. The van der Waals surface area contributed by atoms with E-state index in [0.717, 1.165) is 21.1 Å². The number of aromatic nitrogens is 2. The Bertz CT molecular complexity index is 749. The van der Waals surface area contributed by atoms with E-state index in [0.29, 0.717) is 6.42 Å². The van der Waals surface area contributed by atoms with E-state index in [2.05, 4.69) is 26.3 Å². The Morgan fingerprint density at radius 2 is 1.90 bits per heavy atom. The van der Waals surface area contributed by atoms with Gasteiger partial charge in [0.1, 0.15) is 6.33 Å². The number of para-hydroxylation sites is 2. The SMILES string of the molecule is O=C(Cc1ccc(Br)cc1)Nn1cnc2ccccc21. The number of imidazole rings is 1. The molecule has 0 bridgehead atoms. The fraction of sp³-hybridized carbons (Fsp3) is 0.0667. The van der Waals surface area contributed by atoms with Crippen molar-refractivity contribution in [1.82, 2.24) is 9.66 Å². The average molecular weight is 330 g/mol. The van der Waals surface area contributed by atoms with Gasteiger partial charge in [-0.2, -0.15) is 0 Å². The molecule has 1 heterocycles. The Hall–Kier alpha value is -2.14. The van der Waals surface area contributed by atoms with Gasteiger partial charge in [0.05, 0.1) is 17.5 Å². The van der Waals surface area contributed by atoms with Gasteiger partial charge in [-0.25, -0.2) is 9.66 Å². The normalized spacial score (nSPS) is 10.7. The van der Waals surface area contributed by atoms with Crippen LogP contribution in [0.15, 0.2) is 59.3 Å². The van der Waals surface area contributed by atoms with Crippen LogP contribution in [0.25, 0.3) is 11.0 Å². The molecule has 0 fully saturated rings. The van der Waals surface area contributed by atoms with Crippen LogP contribution >= 0.6 is 15.9 Å². The highest BCUT2D eigenvalue weighted by molar-refractivity contribution is 9.10. The second-order valence-corrected chi connectivity index (χ2v) is 5.36. The summed E-state index contributed by atoms with van der Waals surface area (Å²) < 4.78 is 2.65. The Morgan fingerprint density at radius 1 is 1.15 bits per heavy atom. The van der Waals surface area contributed by atoms with Crippen LogP contribution in [0.2, 0.25) is 0 Å². The van der Waals surface area contributed by atoms with Crippen molar-refractivity contribution < 1.29 is 4.79 Å². The molecule has 0 saturated heterocycles. The topological polar surface area (TPSA) is 46.9 Å². The summed E-state index contributed by atoms with van der Waals surface area (Å²) in [5.41, 5.74) is 5.54. The van der Waals surface area contributed by atoms with Gasteiger partial charge in [-0.05, 0) is 29.8 Å². The molecule has 5 heteroatoms. The first kappa shape index (κ1) is 12.9. The first-order valence-electron chi connectivity index (χ1n) is 6.19. The number of amides is 1. The molecular formula is C15H12BrN3O. The lowest BCUT2D eigenvalue weighted by Gasteiger charge is -2.07. The van der Waals surface area contributed by atoms with Crippen LogP contribution < -0.4 is 5.43 Å². The number of hydrogen-bond acceptors (Lipinski definition) is 2. The van der Waals surface area contributed by atoms with E-state index >= 15 is 0 Å². The highest BCUT2D eigenvalue weighted by Gasteiger charge is 2.06. The number of hydrogen-bond donors (Lipinski definition) is 1. The minimum Gasteiger partial charge on any atom is -0.273 e. The van der Waals surface area contributed by atoms with Crippen LogP contribution in [0.3, 0.4) is 0 Å². The van der Waals surface area contributed by atoms with Gasteiger partial charge in [-0.15, -0.1) is 0 Å². The van der Waals surface area contributed by atoms with E-state index < -0.39 is 0 Å². The maximum absolute atomic E-state index is 12.0. The van der Waals surface area contributed by atoms with Crippen LogP contribution in [0.5, 0.6) is 0 Å². The number of carbonyl (C=O) groups is 1. The summed E-state index contributed by atoms with van der Waals surface area (Å²) in [5.74, 6) is -0.0736. The van der Waals surface area contributed by atoms with E-state index in [1.165, 1.54) is 0 Å². The second-order valence-electron chi connectivity index (χ2n) is 4.44. The maximum atomic E-state index is 12.0. The number of nitrogens with one attached hydrogen (secondary N) is 1. The van der Waals surface area contributed by atoms with Gasteiger partial charge in [-0.3, -0.25) is 10.2 Å². The molecule has 0 saturated carbocycles. The molecule has 3 rings (SSSR count). The smallest absolute Gasteiger partial charge is 0.243 e. The third kappa shape index (κ3) is 2.72. The van der Waals surface area contributed by atoms with Crippen LogP contribution in [0.4, 0.5) is 0 Å². The molecule has 1 aromatic heterocycles. The Balaban J connectivity index is 1.74. The molecule has 2 aromatic carbocycles. The third-order valence-electron chi connectivity index (χ3n) is 2.98. The van der Waals surface area contributed by atoms with Crippen LogP contribution in [0.1, 0.15) is 5.56 Å². The molecule has 0 atom stereocenters. The molecule has 4 nitrogen and oxygen atoms in total. The number of carbonyl (C=O) groups excluding carboxylic acids is 1. The zero-order chi connectivity index (χ0) is 13.9. The predicted octanol–water partition coefficient (Wildman–Crippen LogP) is 3.11. The first-order valence-corrected chi connectivity index (χ1v) is 6.98. The van der Waals surface area contributed by atoms with E-state index in [9.17, 15) is 4.79 Å². The van der Waals surface area contributed by atoms with E-state index in [1.54, 1.807) is 11.0 Å². The third-order valence-corrected chi connectivity index (χ3v) is 3.51. The Morgan fingerprint density at radius 3 is 2.70 bits per heavy atom. The van der Waals surface area contributed by atoms with Gasteiger partial charge in [0.2, 0.25) is 5.91 Å². The number of fused-ring (bicyclic) bond motifs is 1. The zero-order valence-corrected chi connectivity index (χ0v) is 12.2. The molecule has 100 valence electrons. The van der Waals surface area contributed by atoms with Crippen molar-refractivity contribution in [2.24, 2.45) is 0 Å². The van der Waals surface area contributed by atoms with Crippen LogP contribution in [0, 0.1) is 0 Å². The van der Waals surface area contributed by atoms with Crippen molar-refractivity contribution in [3.63, 3.8) is 0 Å². The van der Waals surface area contributed by atoms with Crippen LogP contribution in [-0.4, -0.2) is 15.6 Å². The minimum absolute atomic E-state index is 0.0736. The van der Waals surface area contributed by atoms with Crippen molar-refractivity contribution in [2.45, 2.75) is 6.42 Å². The molecule has 0 radical (unpaired) electrons. The van der Waals surface area contributed by atoms with Gasteiger partial charge in [0, 0.05) is 4.47 Å². The zero-order valence-electron chi connectivity index (χ0n) is 10.6. The number of benzene rings is 2. The van der Waals surface area contributed by atoms with Crippen molar-refractivity contribution in [3.8, 4) is 0 Å².